The lowest BCUT2D eigenvalue weighted by Gasteiger charge is -2.09. The molecule has 0 aliphatic rings. The fourth-order valence-electron chi connectivity index (χ4n) is 2.81. The number of aromatic nitrogens is 2. The molecular formula is C19H12FN3O2. The summed E-state index contributed by atoms with van der Waals surface area (Å²) < 4.78 is 14.1. The highest BCUT2D eigenvalue weighted by atomic mass is 19.1. The zero-order chi connectivity index (χ0) is 17.4. The van der Waals surface area contributed by atoms with E-state index in [1.165, 1.54) is 18.3 Å². The number of hydrogen-bond acceptors (Lipinski definition) is 3. The van der Waals surface area contributed by atoms with Gasteiger partial charge in [-0.2, -0.15) is 0 Å². The quantitative estimate of drug-likeness (QED) is 0.552. The first-order valence-corrected chi connectivity index (χ1v) is 7.60. The number of aromatic amines is 1. The van der Waals surface area contributed by atoms with Gasteiger partial charge in [-0.3, -0.25) is 14.6 Å². The van der Waals surface area contributed by atoms with Crippen LogP contribution in [0.3, 0.4) is 0 Å². The largest absolute Gasteiger partial charge is 0.351 e. The maximum atomic E-state index is 14.1. The lowest BCUT2D eigenvalue weighted by molar-refractivity contribution is 0.102. The van der Waals surface area contributed by atoms with Gasteiger partial charge in [0.05, 0.1) is 28.5 Å². The molecule has 25 heavy (non-hydrogen) atoms. The molecule has 2 heterocycles. The van der Waals surface area contributed by atoms with Crippen LogP contribution in [-0.4, -0.2) is 15.9 Å². The number of hydrogen-bond donors (Lipinski definition) is 2. The zero-order valence-corrected chi connectivity index (χ0v) is 12.9. The molecule has 0 unspecified atom stereocenters. The number of fused-ring (bicyclic) bond motifs is 2. The number of para-hydroxylation sites is 2. The van der Waals surface area contributed by atoms with Gasteiger partial charge in [-0.15, -0.1) is 0 Å². The Labute approximate surface area is 141 Å². The van der Waals surface area contributed by atoms with E-state index in [0.29, 0.717) is 16.6 Å². The van der Waals surface area contributed by atoms with Crippen LogP contribution in [-0.2, 0) is 0 Å². The summed E-state index contributed by atoms with van der Waals surface area (Å²) in [6.45, 7) is 0. The zero-order valence-electron chi connectivity index (χ0n) is 12.9. The van der Waals surface area contributed by atoms with E-state index in [4.69, 9.17) is 0 Å². The number of H-pyrrole nitrogens is 1. The molecule has 0 saturated carbocycles. The first-order valence-electron chi connectivity index (χ1n) is 7.60. The minimum Gasteiger partial charge on any atom is -0.351 e. The molecule has 5 nitrogen and oxygen atoms in total. The number of nitrogens with zero attached hydrogens (tertiary/aromatic N) is 1. The number of amides is 1. The maximum absolute atomic E-state index is 14.1. The van der Waals surface area contributed by atoms with Gasteiger partial charge in [0.2, 0.25) is 0 Å². The Morgan fingerprint density at radius 2 is 1.76 bits per heavy atom. The molecule has 0 saturated heterocycles. The van der Waals surface area contributed by atoms with Crippen molar-refractivity contribution in [1.82, 2.24) is 9.97 Å². The molecule has 122 valence electrons. The van der Waals surface area contributed by atoms with E-state index in [1.807, 2.05) is 0 Å². The van der Waals surface area contributed by atoms with E-state index in [9.17, 15) is 14.0 Å². The van der Waals surface area contributed by atoms with Gasteiger partial charge >= 0.3 is 0 Å². The normalized spacial score (nSPS) is 10.9. The second kappa shape index (κ2) is 5.83. The molecule has 0 fully saturated rings. The average molecular weight is 333 g/mol. The van der Waals surface area contributed by atoms with Crippen LogP contribution in [0, 0.1) is 5.82 Å². The van der Waals surface area contributed by atoms with Gasteiger partial charge < -0.3 is 10.3 Å². The van der Waals surface area contributed by atoms with Crippen LogP contribution in [0.4, 0.5) is 10.1 Å². The van der Waals surface area contributed by atoms with Crippen LogP contribution in [0.2, 0.25) is 0 Å². The van der Waals surface area contributed by atoms with Gasteiger partial charge in [-0.25, -0.2) is 4.39 Å². The van der Waals surface area contributed by atoms with Crippen molar-refractivity contribution in [3.05, 3.63) is 82.5 Å². The lowest BCUT2D eigenvalue weighted by atomic mass is 10.1. The molecule has 2 aromatic heterocycles. The number of carbonyl (C=O) groups excluding carboxylic acids is 1. The standard InChI is InChI=1S/C19H12FN3O2/c20-15-8-2-6-13-17(15)23-16-12(18(13)24)5-1-7-14(16)19(25)22-11-4-3-9-21-10-11/h1-10H,(H,22,25)(H,23,24). The first-order chi connectivity index (χ1) is 12.1. The van der Waals surface area contributed by atoms with E-state index < -0.39 is 11.7 Å². The van der Waals surface area contributed by atoms with Crippen molar-refractivity contribution in [2.24, 2.45) is 0 Å². The summed E-state index contributed by atoms with van der Waals surface area (Å²) in [5.41, 5.74) is 0.842. The Balaban J connectivity index is 1.93. The topological polar surface area (TPSA) is 74.8 Å². The molecule has 1 amide bonds. The van der Waals surface area contributed by atoms with Crippen LogP contribution in [0.25, 0.3) is 21.8 Å². The minimum atomic E-state index is -0.543. The molecular weight excluding hydrogens is 321 g/mol. The average Bonchev–Trinajstić information content (AvgIpc) is 2.63. The molecule has 0 spiro atoms. The third kappa shape index (κ3) is 2.53. The first kappa shape index (κ1) is 15.0. The molecule has 4 rings (SSSR count). The second-order valence-electron chi connectivity index (χ2n) is 5.54. The fourth-order valence-corrected chi connectivity index (χ4v) is 2.81. The van der Waals surface area contributed by atoms with Gasteiger partial charge in [-0.05, 0) is 36.4 Å². The highest BCUT2D eigenvalue weighted by Crippen LogP contribution is 2.21. The molecule has 6 heteroatoms. The van der Waals surface area contributed by atoms with Gasteiger partial charge in [0.15, 0.2) is 5.43 Å². The third-order valence-electron chi connectivity index (χ3n) is 3.98. The molecule has 0 aliphatic carbocycles. The molecule has 2 aromatic carbocycles. The molecule has 2 N–H and O–H groups in total. The van der Waals surface area contributed by atoms with Gasteiger partial charge in [0.25, 0.3) is 5.91 Å². The molecule has 0 atom stereocenters. The Kier molecular flexibility index (Phi) is 3.50. The molecule has 0 bridgehead atoms. The number of halogens is 1. The summed E-state index contributed by atoms with van der Waals surface area (Å²) in [5.74, 6) is -0.955. The van der Waals surface area contributed by atoms with Crippen molar-refractivity contribution in [2.45, 2.75) is 0 Å². The lowest BCUT2D eigenvalue weighted by Crippen LogP contribution is -2.15. The predicted octanol–water partition coefficient (Wildman–Crippen LogP) is 3.47. The maximum Gasteiger partial charge on any atom is 0.257 e. The van der Waals surface area contributed by atoms with Crippen molar-refractivity contribution in [3.8, 4) is 0 Å². The highest BCUT2D eigenvalue weighted by molar-refractivity contribution is 6.13. The van der Waals surface area contributed by atoms with Crippen LogP contribution in [0.1, 0.15) is 10.4 Å². The Bertz CT molecular complexity index is 1170. The Morgan fingerprint density at radius 3 is 2.52 bits per heavy atom. The molecule has 0 aliphatic heterocycles. The van der Waals surface area contributed by atoms with E-state index in [1.54, 1.807) is 42.6 Å². The third-order valence-corrected chi connectivity index (χ3v) is 3.98. The van der Waals surface area contributed by atoms with Crippen LogP contribution >= 0.6 is 0 Å². The van der Waals surface area contributed by atoms with Crippen LogP contribution < -0.4 is 10.7 Å². The van der Waals surface area contributed by atoms with E-state index in [2.05, 4.69) is 15.3 Å². The summed E-state index contributed by atoms with van der Waals surface area (Å²) in [6.07, 6.45) is 3.11. The Hall–Kier alpha value is -3.54. The summed E-state index contributed by atoms with van der Waals surface area (Å²) in [6, 6.07) is 12.5. The van der Waals surface area contributed by atoms with E-state index >= 15 is 0 Å². The highest BCUT2D eigenvalue weighted by Gasteiger charge is 2.15. The van der Waals surface area contributed by atoms with Crippen LogP contribution in [0.5, 0.6) is 0 Å². The fraction of sp³-hybridized carbons (Fsp3) is 0. The van der Waals surface area contributed by atoms with Crippen molar-refractivity contribution in [1.29, 1.82) is 0 Å². The number of benzene rings is 2. The summed E-state index contributed by atoms with van der Waals surface area (Å²) in [7, 11) is 0. The summed E-state index contributed by atoms with van der Waals surface area (Å²) in [4.78, 5) is 32.1. The van der Waals surface area contributed by atoms with Gasteiger partial charge in [-0.1, -0.05) is 12.1 Å². The number of carbonyl (C=O) groups is 1. The SMILES string of the molecule is O=C(Nc1cccnc1)c1cccc2c(=O)c3cccc(F)c3[nH]c12. The number of nitrogens with one attached hydrogen (secondary N) is 2. The number of rotatable bonds is 2. The Morgan fingerprint density at radius 1 is 1.00 bits per heavy atom. The number of anilines is 1. The minimum absolute atomic E-state index is 0.0848. The number of pyridine rings is 2. The van der Waals surface area contributed by atoms with Crippen LogP contribution in [0.15, 0.2) is 65.7 Å². The van der Waals surface area contributed by atoms with Crippen molar-refractivity contribution in [2.75, 3.05) is 5.32 Å². The smallest absolute Gasteiger partial charge is 0.257 e. The van der Waals surface area contributed by atoms with E-state index in [0.717, 1.165) is 0 Å². The van der Waals surface area contributed by atoms with Crippen molar-refractivity contribution < 1.29 is 9.18 Å². The summed E-state index contributed by atoms with van der Waals surface area (Å²) >= 11 is 0. The monoisotopic (exact) mass is 333 g/mol. The summed E-state index contributed by atoms with van der Waals surface area (Å²) in [5, 5.41) is 3.29. The van der Waals surface area contributed by atoms with Crippen molar-refractivity contribution in [3.63, 3.8) is 0 Å². The second-order valence-corrected chi connectivity index (χ2v) is 5.54. The molecule has 4 aromatic rings. The van der Waals surface area contributed by atoms with Gasteiger partial charge in [0.1, 0.15) is 5.82 Å². The van der Waals surface area contributed by atoms with E-state index in [-0.39, 0.29) is 21.9 Å². The van der Waals surface area contributed by atoms with Gasteiger partial charge in [0, 0.05) is 17.0 Å². The molecule has 0 radical (unpaired) electrons. The predicted molar refractivity (Wildman–Crippen MR) is 94.2 cm³/mol. The van der Waals surface area contributed by atoms with Crippen molar-refractivity contribution >= 4 is 33.4 Å².